The molecule has 0 N–H and O–H groups in total. The van der Waals surface area contributed by atoms with E-state index in [1.807, 2.05) is 18.3 Å². The lowest BCUT2D eigenvalue weighted by Gasteiger charge is -2.28. The highest BCUT2D eigenvalue weighted by atomic mass is 32.1. The van der Waals surface area contributed by atoms with Gasteiger partial charge in [-0.3, -0.25) is 4.98 Å². The van der Waals surface area contributed by atoms with E-state index in [-0.39, 0.29) is 0 Å². The Morgan fingerprint density at radius 3 is 2.14 bits per heavy atom. The summed E-state index contributed by atoms with van der Waals surface area (Å²) in [5.74, 6) is 0. The summed E-state index contributed by atoms with van der Waals surface area (Å²) >= 11 is 1.80. The van der Waals surface area contributed by atoms with E-state index >= 15 is 0 Å². The summed E-state index contributed by atoms with van der Waals surface area (Å²) in [5, 5.41) is 5.98. The number of fused-ring (bicyclic) bond motifs is 8. The van der Waals surface area contributed by atoms with Crippen molar-refractivity contribution in [3.63, 3.8) is 0 Å². The highest BCUT2D eigenvalue weighted by Crippen LogP contribution is 2.45. The van der Waals surface area contributed by atoms with Gasteiger partial charge in [0.15, 0.2) is 0 Å². The number of furan rings is 1. The van der Waals surface area contributed by atoms with Gasteiger partial charge in [-0.25, -0.2) is 0 Å². The van der Waals surface area contributed by atoms with Gasteiger partial charge in [0, 0.05) is 60.8 Å². The number of rotatable bonds is 4. The molecule has 4 heteroatoms. The summed E-state index contributed by atoms with van der Waals surface area (Å²) in [7, 11) is 0. The molecule has 9 rings (SSSR count). The number of hydrogen-bond donors (Lipinski definition) is 0. The Labute approximate surface area is 251 Å². The van der Waals surface area contributed by atoms with Crippen molar-refractivity contribution in [3.8, 4) is 11.1 Å². The quantitative estimate of drug-likeness (QED) is 0.211. The Balaban J connectivity index is 1.30. The van der Waals surface area contributed by atoms with Gasteiger partial charge in [0.05, 0.1) is 15.9 Å². The second kappa shape index (κ2) is 9.55. The number of aromatic nitrogens is 1. The molecule has 0 aliphatic carbocycles. The third-order valence-corrected chi connectivity index (χ3v) is 9.39. The lowest BCUT2D eigenvalue weighted by atomic mass is 10.0. The predicted octanol–water partition coefficient (Wildman–Crippen LogP) is 11.6. The molecule has 0 amide bonds. The van der Waals surface area contributed by atoms with Crippen LogP contribution in [0.5, 0.6) is 0 Å². The summed E-state index contributed by atoms with van der Waals surface area (Å²) in [4.78, 5) is 7.10. The maximum Gasteiger partial charge on any atom is 0.137 e. The minimum absolute atomic E-state index is 0.876. The van der Waals surface area contributed by atoms with Crippen LogP contribution in [0.2, 0.25) is 0 Å². The molecule has 0 fully saturated rings. The molecule has 9 aromatic rings. The molecule has 0 saturated carbocycles. The fraction of sp³-hybridized carbons (Fsp3) is 0. The van der Waals surface area contributed by atoms with E-state index in [0.29, 0.717) is 0 Å². The second-order valence-electron chi connectivity index (χ2n) is 10.8. The molecule has 3 heterocycles. The molecule has 0 radical (unpaired) electrons. The SMILES string of the molecule is c1ccc(-c2ccccc2N(c2ccc3c(c2)oc2ccccc23)c2ccc3c(c2)sc2cnc4ccccc4c23)cc1. The molecular formula is C39H24N2OS. The highest BCUT2D eigenvalue weighted by Gasteiger charge is 2.20. The molecule has 0 bridgehead atoms. The van der Waals surface area contributed by atoms with Gasteiger partial charge in [-0.1, -0.05) is 91.0 Å². The van der Waals surface area contributed by atoms with Crippen molar-refractivity contribution in [2.75, 3.05) is 4.90 Å². The summed E-state index contributed by atoms with van der Waals surface area (Å²) in [5.41, 5.74) is 8.39. The number of benzene rings is 6. The molecule has 0 atom stereocenters. The molecule has 0 saturated heterocycles. The van der Waals surface area contributed by atoms with Crippen molar-refractivity contribution >= 4 is 81.4 Å². The third-order valence-electron chi connectivity index (χ3n) is 8.30. The molecule has 3 nitrogen and oxygen atoms in total. The Hall–Kier alpha value is -5.45. The molecule has 0 aliphatic heterocycles. The zero-order valence-corrected chi connectivity index (χ0v) is 23.9. The molecule has 3 aromatic heterocycles. The molecule has 0 spiro atoms. The first-order valence-corrected chi connectivity index (χ1v) is 15.2. The largest absolute Gasteiger partial charge is 0.456 e. The number of anilines is 3. The van der Waals surface area contributed by atoms with Crippen molar-refractivity contribution in [1.82, 2.24) is 4.98 Å². The van der Waals surface area contributed by atoms with E-state index < -0.39 is 0 Å². The molecule has 0 unspecified atom stereocenters. The van der Waals surface area contributed by atoms with E-state index in [0.717, 1.165) is 44.5 Å². The number of para-hydroxylation sites is 3. The van der Waals surface area contributed by atoms with Crippen molar-refractivity contribution in [1.29, 1.82) is 0 Å². The maximum atomic E-state index is 6.35. The average Bonchev–Trinajstić information content (AvgIpc) is 3.63. The van der Waals surface area contributed by atoms with Gasteiger partial charge in [0.25, 0.3) is 0 Å². The number of nitrogens with zero attached hydrogens (tertiary/aromatic N) is 2. The van der Waals surface area contributed by atoms with Crippen LogP contribution in [0, 0.1) is 0 Å². The predicted molar refractivity (Wildman–Crippen MR) is 182 cm³/mol. The van der Waals surface area contributed by atoms with Crippen LogP contribution >= 0.6 is 11.3 Å². The van der Waals surface area contributed by atoms with Crippen LogP contribution in [0.1, 0.15) is 0 Å². The van der Waals surface area contributed by atoms with Gasteiger partial charge in [-0.2, -0.15) is 0 Å². The van der Waals surface area contributed by atoms with Crippen LogP contribution in [0.15, 0.2) is 150 Å². The minimum atomic E-state index is 0.876. The van der Waals surface area contributed by atoms with Gasteiger partial charge in [0.2, 0.25) is 0 Å². The Morgan fingerprint density at radius 2 is 1.23 bits per heavy atom. The van der Waals surface area contributed by atoms with Crippen LogP contribution < -0.4 is 4.90 Å². The number of thiophene rings is 1. The Bertz CT molecular complexity index is 2470. The van der Waals surface area contributed by atoms with E-state index in [9.17, 15) is 0 Å². The first-order valence-electron chi connectivity index (χ1n) is 14.4. The molecule has 6 aromatic carbocycles. The van der Waals surface area contributed by atoms with Crippen LogP contribution in [-0.4, -0.2) is 4.98 Å². The van der Waals surface area contributed by atoms with E-state index in [4.69, 9.17) is 9.40 Å². The van der Waals surface area contributed by atoms with E-state index in [1.54, 1.807) is 11.3 Å². The molecular weight excluding hydrogens is 545 g/mol. The summed E-state index contributed by atoms with van der Waals surface area (Å²) < 4.78 is 8.78. The van der Waals surface area contributed by atoms with Crippen molar-refractivity contribution in [3.05, 3.63) is 146 Å². The lowest BCUT2D eigenvalue weighted by molar-refractivity contribution is 0.669. The highest BCUT2D eigenvalue weighted by molar-refractivity contribution is 7.26. The second-order valence-corrected chi connectivity index (χ2v) is 11.9. The van der Waals surface area contributed by atoms with Crippen molar-refractivity contribution < 1.29 is 4.42 Å². The van der Waals surface area contributed by atoms with Gasteiger partial charge in [-0.05, 0) is 48.0 Å². The van der Waals surface area contributed by atoms with Crippen LogP contribution in [-0.2, 0) is 0 Å². The zero-order valence-electron chi connectivity index (χ0n) is 23.1. The first kappa shape index (κ1) is 24.2. The maximum absolute atomic E-state index is 6.35. The van der Waals surface area contributed by atoms with Crippen molar-refractivity contribution in [2.45, 2.75) is 0 Å². The molecule has 43 heavy (non-hydrogen) atoms. The fourth-order valence-corrected chi connectivity index (χ4v) is 7.47. The molecule has 202 valence electrons. The van der Waals surface area contributed by atoms with Gasteiger partial charge >= 0.3 is 0 Å². The number of hydrogen-bond acceptors (Lipinski definition) is 4. The summed E-state index contributed by atoms with van der Waals surface area (Å²) in [6.45, 7) is 0. The van der Waals surface area contributed by atoms with Crippen LogP contribution in [0.3, 0.4) is 0 Å². The van der Waals surface area contributed by atoms with E-state index in [1.165, 1.54) is 36.7 Å². The zero-order chi connectivity index (χ0) is 28.3. The van der Waals surface area contributed by atoms with Gasteiger partial charge < -0.3 is 9.32 Å². The smallest absolute Gasteiger partial charge is 0.137 e. The van der Waals surface area contributed by atoms with Crippen molar-refractivity contribution in [2.24, 2.45) is 0 Å². The standard InChI is InChI=1S/C39H24N2OS/c1-2-10-25(11-3-1)28-12-5-8-16-34(28)41(26-18-20-30-29-13-6-9-17-35(29)42-36(30)22-26)27-19-21-32-37(23-27)43-38-24-40-33-15-7-4-14-31(33)39(32)38/h1-24H. The monoisotopic (exact) mass is 568 g/mol. The summed E-state index contributed by atoms with van der Waals surface area (Å²) in [6.07, 6.45) is 2.01. The van der Waals surface area contributed by atoms with E-state index in [2.05, 4.69) is 132 Å². The van der Waals surface area contributed by atoms with Gasteiger partial charge in [-0.15, -0.1) is 11.3 Å². The third kappa shape index (κ3) is 3.84. The normalized spacial score (nSPS) is 11.7. The first-order chi connectivity index (χ1) is 21.3. The van der Waals surface area contributed by atoms with Crippen LogP contribution in [0.25, 0.3) is 64.1 Å². The topological polar surface area (TPSA) is 29.3 Å². The lowest BCUT2D eigenvalue weighted by Crippen LogP contribution is -2.11. The average molecular weight is 569 g/mol. The van der Waals surface area contributed by atoms with Crippen LogP contribution in [0.4, 0.5) is 17.1 Å². The fourth-order valence-electron chi connectivity index (χ4n) is 6.35. The number of pyridine rings is 1. The summed E-state index contributed by atoms with van der Waals surface area (Å²) in [6, 6.07) is 49.3. The minimum Gasteiger partial charge on any atom is -0.456 e. The molecule has 0 aliphatic rings. The Kier molecular flexibility index (Phi) is 5.37. The Morgan fingerprint density at radius 1 is 0.535 bits per heavy atom. The van der Waals surface area contributed by atoms with Gasteiger partial charge in [0.1, 0.15) is 11.2 Å².